The third-order valence-corrected chi connectivity index (χ3v) is 11.1. The molecule has 7 atom stereocenters. The number of carbonyl (C=O) groups excluding carboxylic acids is 4. The minimum absolute atomic E-state index is 0.0438. The van der Waals surface area contributed by atoms with Crippen LogP contribution in [0.2, 0.25) is 0 Å². The molecule has 228 valence electrons. The van der Waals surface area contributed by atoms with Gasteiger partial charge in [-0.3, -0.25) is 19.2 Å². The maximum atomic E-state index is 12.4. The SMILES string of the molecule is C=CC(C1=CC(=O)C(OC)=CC1=O)c1ccccc1.CC(=O)OC1CCC2(C)C(=CCC3C4CCC(=O)C4(C)CCC32)C1. The van der Waals surface area contributed by atoms with Crippen LogP contribution in [0.15, 0.2) is 78.1 Å². The van der Waals surface area contributed by atoms with Crippen molar-refractivity contribution in [2.45, 2.75) is 84.2 Å². The number of hydrogen-bond acceptors (Lipinski definition) is 6. The second-order valence-electron chi connectivity index (χ2n) is 13.3. The van der Waals surface area contributed by atoms with Crippen molar-refractivity contribution < 1.29 is 28.7 Å². The lowest BCUT2D eigenvalue weighted by Gasteiger charge is -2.56. The van der Waals surface area contributed by atoms with Crippen LogP contribution >= 0.6 is 0 Å². The van der Waals surface area contributed by atoms with E-state index in [2.05, 4.69) is 26.5 Å². The smallest absolute Gasteiger partial charge is 0.302 e. The summed E-state index contributed by atoms with van der Waals surface area (Å²) in [6.45, 7) is 9.95. The van der Waals surface area contributed by atoms with Crippen molar-refractivity contribution in [3.8, 4) is 0 Å². The van der Waals surface area contributed by atoms with Crippen LogP contribution in [0.4, 0.5) is 0 Å². The van der Waals surface area contributed by atoms with E-state index in [0.717, 1.165) is 50.5 Å². The molecule has 0 saturated heterocycles. The van der Waals surface area contributed by atoms with E-state index in [0.29, 0.717) is 29.1 Å². The van der Waals surface area contributed by atoms with E-state index < -0.39 is 0 Å². The molecule has 6 rings (SSSR count). The highest BCUT2D eigenvalue weighted by Crippen LogP contribution is 2.64. The molecule has 6 nitrogen and oxygen atoms in total. The Morgan fingerprint density at radius 2 is 1.67 bits per heavy atom. The zero-order chi connectivity index (χ0) is 30.9. The van der Waals surface area contributed by atoms with E-state index in [1.807, 2.05) is 30.3 Å². The van der Waals surface area contributed by atoms with Crippen molar-refractivity contribution in [2.24, 2.45) is 28.6 Å². The van der Waals surface area contributed by atoms with E-state index in [9.17, 15) is 19.2 Å². The van der Waals surface area contributed by atoms with Gasteiger partial charge in [-0.05, 0) is 73.3 Å². The third kappa shape index (κ3) is 5.73. The van der Waals surface area contributed by atoms with Crippen LogP contribution in [0, 0.1) is 28.6 Å². The molecule has 6 heteroatoms. The average molecular weight is 585 g/mol. The highest BCUT2D eigenvalue weighted by Gasteiger charge is 2.58. The minimum Gasteiger partial charge on any atom is -0.493 e. The van der Waals surface area contributed by atoms with Crippen LogP contribution in [0.5, 0.6) is 0 Å². The van der Waals surface area contributed by atoms with Crippen molar-refractivity contribution in [1.29, 1.82) is 0 Å². The molecule has 0 aliphatic heterocycles. The molecular formula is C37H44O6. The first-order chi connectivity index (χ1) is 20.5. The summed E-state index contributed by atoms with van der Waals surface area (Å²) < 4.78 is 10.4. The summed E-state index contributed by atoms with van der Waals surface area (Å²) in [4.78, 5) is 47.6. The molecule has 3 fully saturated rings. The quantitative estimate of drug-likeness (QED) is 0.210. The Morgan fingerprint density at radius 1 is 0.977 bits per heavy atom. The number of methoxy groups -OCH3 is 1. The van der Waals surface area contributed by atoms with Gasteiger partial charge in [0.2, 0.25) is 5.78 Å². The second kappa shape index (κ2) is 12.2. The molecule has 0 aromatic heterocycles. The Hall–Kier alpha value is -3.54. The van der Waals surface area contributed by atoms with Crippen LogP contribution in [0.25, 0.3) is 0 Å². The predicted molar refractivity (Wildman–Crippen MR) is 165 cm³/mol. The number of allylic oxidation sites excluding steroid dienone is 5. The van der Waals surface area contributed by atoms with Crippen molar-refractivity contribution in [1.82, 2.24) is 0 Å². The standard InChI is InChI=1S/C21H30O3.C16H14O3/c1-13(22)24-15-8-10-20(2)14(12-15)4-5-16-17-6-7-19(23)21(17,3)11-9-18(16)20;1-3-12(11-7-5-4-6-8-11)13-9-15(18)16(19-2)10-14(13)17/h4,15-18H,5-12H2,1-3H3;3-10,12H,1H2,2H3. The summed E-state index contributed by atoms with van der Waals surface area (Å²) in [6, 6.07) is 9.48. The van der Waals surface area contributed by atoms with Gasteiger partial charge in [0.15, 0.2) is 11.5 Å². The highest BCUT2D eigenvalue weighted by atomic mass is 16.5. The third-order valence-electron chi connectivity index (χ3n) is 11.1. The largest absolute Gasteiger partial charge is 0.493 e. The maximum absolute atomic E-state index is 12.4. The molecule has 0 N–H and O–H groups in total. The van der Waals surface area contributed by atoms with Crippen molar-refractivity contribution in [2.75, 3.05) is 7.11 Å². The van der Waals surface area contributed by atoms with Gasteiger partial charge in [-0.1, -0.05) is 61.9 Å². The molecule has 1 aromatic rings. The van der Waals surface area contributed by atoms with Gasteiger partial charge in [0, 0.05) is 42.7 Å². The summed E-state index contributed by atoms with van der Waals surface area (Å²) in [6.07, 6.45) is 15.1. The Balaban J connectivity index is 0.000000177. The van der Waals surface area contributed by atoms with E-state index in [1.165, 1.54) is 38.2 Å². The Morgan fingerprint density at radius 3 is 2.35 bits per heavy atom. The number of hydrogen-bond donors (Lipinski definition) is 0. The number of ketones is 3. The van der Waals surface area contributed by atoms with Gasteiger partial charge in [0.1, 0.15) is 11.9 Å². The minimum atomic E-state index is -0.292. The number of Topliss-reactive ketones (excluding diaryl/α,β-unsaturated/α-hetero) is 1. The topological polar surface area (TPSA) is 86.7 Å². The molecule has 0 radical (unpaired) electrons. The summed E-state index contributed by atoms with van der Waals surface area (Å²) in [5.74, 6) is 1.61. The molecule has 0 heterocycles. The van der Waals surface area contributed by atoms with Gasteiger partial charge in [-0.2, -0.15) is 0 Å². The first-order valence-electron chi connectivity index (χ1n) is 15.6. The Kier molecular flexibility index (Phi) is 8.78. The zero-order valence-corrected chi connectivity index (χ0v) is 25.9. The molecule has 7 unspecified atom stereocenters. The van der Waals surface area contributed by atoms with E-state index >= 15 is 0 Å². The molecule has 0 bridgehead atoms. The predicted octanol–water partition coefficient (Wildman–Crippen LogP) is 7.01. The lowest BCUT2D eigenvalue weighted by atomic mass is 9.48. The van der Waals surface area contributed by atoms with Crippen molar-refractivity contribution >= 4 is 23.3 Å². The van der Waals surface area contributed by atoms with Crippen molar-refractivity contribution in [3.05, 3.63) is 83.7 Å². The van der Waals surface area contributed by atoms with Gasteiger partial charge in [-0.15, -0.1) is 6.58 Å². The van der Waals surface area contributed by atoms with Gasteiger partial charge in [-0.25, -0.2) is 0 Å². The van der Waals surface area contributed by atoms with Crippen LogP contribution in [-0.4, -0.2) is 36.5 Å². The monoisotopic (exact) mass is 584 g/mol. The fourth-order valence-electron chi connectivity index (χ4n) is 8.80. The summed E-state index contributed by atoms with van der Waals surface area (Å²) in [5.41, 5.74) is 3.09. The van der Waals surface area contributed by atoms with Crippen LogP contribution in [-0.2, 0) is 28.7 Å². The molecule has 43 heavy (non-hydrogen) atoms. The lowest BCUT2D eigenvalue weighted by molar-refractivity contribution is -0.148. The summed E-state index contributed by atoms with van der Waals surface area (Å²) >= 11 is 0. The molecule has 5 aliphatic carbocycles. The number of benzene rings is 1. The summed E-state index contributed by atoms with van der Waals surface area (Å²) in [7, 11) is 1.37. The van der Waals surface area contributed by atoms with Gasteiger partial charge in [0.25, 0.3) is 0 Å². The Bertz CT molecular complexity index is 1400. The average Bonchev–Trinajstić information content (AvgIpc) is 3.30. The van der Waals surface area contributed by atoms with E-state index in [1.54, 1.807) is 6.08 Å². The van der Waals surface area contributed by atoms with E-state index in [-0.39, 0.29) is 46.1 Å². The van der Waals surface area contributed by atoms with Gasteiger partial charge < -0.3 is 9.47 Å². The molecule has 1 aromatic carbocycles. The highest BCUT2D eigenvalue weighted by molar-refractivity contribution is 6.19. The van der Waals surface area contributed by atoms with Crippen LogP contribution in [0.1, 0.15) is 83.6 Å². The normalized spacial score (nSPS) is 33.7. The maximum Gasteiger partial charge on any atom is 0.302 e. The lowest BCUT2D eigenvalue weighted by Crippen LogP contribution is -2.50. The van der Waals surface area contributed by atoms with Crippen molar-refractivity contribution in [3.63, 3.8) is 0 Å². The van der Waals surface area contributed by atoms with Crippen LogP contribution < -0.4 is 0 Å². The molecule has 0 amide bonds. The first-order valence-corrected chi connectivity index (χ1v) is 15.6. The number of carbonyl (C=O) groups is 4. The van der Waals surface area contributed by atoms with Gasteiger partial charge >= 0.3 is 5.97 Å². The zero-order valence-electron chi connectivity index (χ0n) is 25.9. The summed E-state index contributed by atoms with van der Waals surface area (Å²) in [5, 5.41) is 0. The second-order valence-corrected chi connectivity index (χ2v) is 13.3. The fraction of sp³-hybridized carbons (Fsp3) is 0.514. The van der Waals surface area contributed by atoms with Gasteiger partial charge in [0.05, 0.1) is 7.11 Å². The number of esters is 1. The fourth-order valence-corrected chi connectivity index (χ4v) is 8.80. The number of rotatable bonds is 5. The van der Waals surface area contributed by atoms with E-state index in [4.69, 9.17) is 9.47 Å². The molecule has 3 saturated carbocycles. The number of fused-ring (bicyclic) bond motifs is 5. The first kappa shape index (κ1) is 30.9. The number of ether oxygens (including phenoxy) is 2. The van der Waals surface area contributed by atoms with Crippen LogP contribution in [0.3, 0.4) is 0 Å². The molecule has 5 aliphatic rings. The Labute approximate surface area is 255 Å². The molecular weight excluding hydrogens is 540 g/mol. The molecule has 0 spiro atoms.